The standard InChI is InChI=1S/C21H18ClNO2S/c1-12-4-6-16(7-5-12)20(25)23-21-18(13(2)14(3)26-21)19(24)15-8-10-17(22)11-9-15/h4-11H,1-3H3,(H,23,25). The molecule has 0 radical (unpaired) electrons. The molecule has 0 spiro atoms. The first kappa shape index (κ1) is 18.4. The molecular weight excluding hydrogens is 366 g/mol. The molecule has 1 amide bonds. The van der Waals surface area contributed by atoms with Crippen molar-refractivity contribution in [3.8, 4) is 0 Å². The highest BCUT2D eigenvalue weighted by Gasteiger charge is 2.22. The maximum Gasteiger partial charge on any atom is 0.256 e. The molecule has 3 aromatic rings. The van der Waals surface area contributed by atoms with Gasteiger partial charge in [-0.05, 0) is 62.7 Å². The van der Waals surface area contributed by atoms with Gasteiger partial charge in [-0.1, -0.05) is 29.3 Å². The number of carbonyl (C=O) groups is 2. The molecule has 1 N–H and O–H groups in total. The highest BCUT2D eigenvalue weighted by molar-refractivity contribution is 7.17. The van der Waals surface area contributed by atoms with Crippen LogP contribution in [0.2, 0.25) is 5.02 Å². The number of ketones is 1. The number of hydrogen-bond acceptors (Lipinski definition) is 3. The van der Waals surface area contributed by atoms with Crippen LogP contribution in [-0.2, 0) is 0 Å². The van der Waals surface area contributed by atoms with Gasteiger partial charge in [0.15, 0.2) is 5.78 Å². The number of benzene rings is 2. The predicted molar refractivity (Wildman–Crippen MR) is 108 cm³/mol. The van der Waals surface area contributed by atoms with Crippen LogP contribution in [0, 0.1) is 20.8 Å². The van der Waals surface area contributed by atoms with Crippen LogP contribution >= 0.6 is 22.9 Å². The second kappa shape index (κ2) is 7.44. The van der Waals surface area contributed by atoms with Crippen LogP contribution < -0.4 is 5.32 Å². The molecule has 0 atom stereocenters. The van der Waals surface area contributed by atoms with Gasteiger partial charge in [-0.3, -0.25) is 9.59 Å². The fourth-order valence-electron chi connectivity index (χ4n) is 2.61. The van der Waals surface area contributed by atoms with Gasteiger partial charge in [0.1, 0.15) is 5.00 Å². The van der Waals surface area contributed by atoms with E-state index in [0.717, 1.165) is 16.0 Å². The fourth-order valence-corrected chi connectivity index (χ4v) is 3.79. The van der Waals surface area contributed by atoms with Crippen LogP contribution in [-0.4, -0.2) is 11.7 Å². The van der Waals surface area contributed by atoms with Gasteiger partial charge >= 0.3 is 0 Å². The third-order valence-electron chi connectivity index (χ3n) is 4.26. The van der Waals surface area contributed by atoms with Gasteiger partial charge < -0.3 is 5.32 Å². The minimum atomic E-state index is -0.226. The molecule has 0 fully saturated rings. The molecule has 0 aliphatic heterocycles. The van der Waals surface area contributed by atoms with Gasteiger partial charge in [-0.25, -0.2) is 0 Å². The fraction of sp³-hybridized carbons (Fsp3) is 0.143. The lowest BCUT2D eigenvalue weighted by atomic mass is 10.0. The Labute approximate surface area is 161 Å². The van der Waals surface area contributed by atoms with E-state index in [2.05, 4.69) is 5.32 Å². The molecule has 0 aliphatic rings. The summed E-state index contributed by atoms with van der Waals surface area (Å²) in [4.78, 5) is 26.6. The van der Waals surface area contributed by atoms with E-state index in [4.69, 9.17) is 11.6 Å². The molecular formula is C21H18ClNO2S. The van der Waals surface area contributed by atoms with Gasteiger partial charge in [0.05, 0.1) is 5.56 Å². The molecule has 2 aromatic carbocycles. The lowest BCUT2D eigenvalue weighted by Crippen LogP contribution is -2.14. The van der Waals surface area contributed by atoms with Crippen molar-refractivity contribution >= 4 is 39.6 Å². The quantitative estimate of drug-likeness (QED) is 0.578. The molecule has 0 aliphatic carbocycles. The lowest BCUT2D eigenvalue weighted by molar-refractivity contribution is 0.102. The number of anilines is 1. The smallest absolute Gasteiger partial charge is 0.256 e. The van der Waals surface area contributed by atoms with Crippen LogP contribution in [0.15, 0.2) is 48.5 Å². The third-order valence-corrected chi connectivity index (χ3v) is 5.63. The van der Waals surface area contributed by atoms with Crippen LogP contribution in [0.1, 0.15) is 42.3 Å². The van der Waals surface area contributed by atoms with Crippen molar-refractivity contribution in [1.29, 1.82) is 0 Å². The summed E-state index contributed by atoms with van der Waals surface area (Å²) in [5.41, 5.74) is 3.61. The number of thiophene rings is 1. The number of carbonyl (C=O) groups excluding carboxylic acids is 2. The van der Waals surface area contributed by atoms with Crippen LogP contribution in [0.5, 0.6) is 0 Å². The monoisotopic (exact) mass is 383 g/mol. The Hall–Kier alpha value is -2.43. The van der Waals surface area contributed by atoms with Crippen molar-refractivity contribution < 1.29 is 9.59 Å². The molecule has 3 rings (SSSR count). The highest BCUT2D eigenvalue weighted by Crippen LogP contribution is 2.34. The second-order valence-electron chi connectivity index (χ2n) is 6.14. The molecule has 1 heterocycles. The molecule has 0 unspecified atom stereocenters. The summed E-state index contributed by atoms with van der Waals surface area (Å²) >= 11 is 7.32. The summed E-state index contributed by atoms with van der Waals surface area (Å²) in [6.07, 6.45) is 0. The molecule has 1 aromatic heterocycles. The molecule has 0 bridgehead atoms. The van der Waals surface area contributed by atoms with E-state index in [-0.39, 0.29) is 11.7 Å². The topological polar surface area (TPSA) is 46.2 Å². The predicted octanol–water partition coefficient (Wildman–Crippen LogP) is 5.81. The zero-order valence-electron chi connectivity index (χ0n) is 14.7. The van der Waals surface area contributed by atoms with Gasteiger partial charge in [-0.2, -0.15) is 0 Å². The lowest BCUT2D eigenvalue weighted by Gasteiger charge is -2.08. The first-order chi connectivity index (χ1) is 12.4. The number of hydrogen-bond donors (Lipinski definition) is 1. The number of rotatable bonds is 4. The second-order valence-corrected chi connectivity index (χ2v) is 7.80. The van der Waals surface area contributed by atoms with E-state index in [9.17, 15) is 9.59 Å². The molecule has 0 saturated carbocycles. The normalized spacial score (nSPS) is 10.6. The molecule has 5 heteroatoms. The van der Waals surface area contributed by atoms with Crippen molar-refractivity contribution in [2.45, 2.75) is 20.8 Å². The van der Waals surface area contributed by atoms with Gasteiger partial charge in [-0.15, -0.1) is 11.3 Å². The first-order valence-corrected chi connectivity index (χ1v) is 9.34. The summed E-state index contributed by atoms with van der Waals surface area (Å²) in [6.45, 7) is 5.81. The SMILES string of the molecule is Cc1ccc(C(=O)Nc2sc(C)c(C)c2C(=O)c2ccc(Cl)cc2)cc1. The first-order valence-electron chi connectivity index (χ1n) is 8.15. The Morgan fingerprint density at radius 1 is 0.885 bits per heavy atom. The van der Waals surface area contributed by atoms with E-state index >= 15 is 0 Å². The molecule has 26 heavy (non-hydrogen) atoms. The van der Waals surface area contributed by atoms with Crippen LogP contribution in [0.4, 0.5) is 5.00 Å². The van der Waals surface area contributed by atoms with Gasteiger partial charge in [0.2, 0.25) is 0 Å². The highest BCUT2D eigenvalue weighted by atomic mass is 35.5. The van der Waals surface area contributed by atoms with Crippen molar-refractivity contribution in [2.75, 3.05) is 5.32 Å². The summed E-state index contributed by atoms with van der Waals surface area (Å²) in [5.74, 6) is -0.348. The Balaban J connectivity index is 1.94. The number of aryl methyl sites for hydroxylation is 2. The zero-order chi connectivity index (χ0) is 18.8. The Morgan fingerprint density at radius 2 is 1.46 bits per heavy atom. The number of nitrogens with one attached hydrogen (secondary N) is 1. The van der Waals surface area contributed by atoms with Crippen LogP contribution in [0.25, 0.3) is 0 Å². The van der Waals surface area contributed by atoms with E-state index in [1.165, 1.54) is 11.3 Å². The average molecular weight is 384 g/mol. The Kier molecular flexibility index (Phi) is 5.25. The van der Waals surface area contributed by atoms with Crippen LogP contribution in [0.3, 0.4) is 0 Å². The summed E-state index contributed by atoms with van der Waals surface area (Å²) in [5, 5.41) is 4.05. The van der Waals surface area contributed by atoms with E-state index < -0.39 is 0 Å². The maximum atomic E-state index is 13.0. The van der Waals surface area contributed by atoms with E-state index in [0.29, 0.717) is 26.7 Å². The summed E-state index contributed by atoms with van der Waals surface area (Å²) in [6, 6.07) is 14.1. The maximum absolute atomic E-state index is 13.0. The molecule has 0 saturated heterocycles. The number of halogens is 1. The van der Waals surface area contributed by atoms with Crippen molar-refractivity contribution in [3.63, 3.8) is 0 Å². The average Bonchev–Trinajstić information content (AvgIpc) is 2.89. The summed E-state index contributed by atoms with van der Waals surface area (Å²) in [7, 11) is 0. The van der Waals surface area contributed by atoms with Gasteiger partial charge in [0.25, 0.3) is 5.91 Å². The van der Waals surface area contributed by atoms with Gasteiger partial charge in [0, 0.05) is 21.0 Å². The molecule has 3 nitrogen and oxygen atoms in total. The Morgan fingerprint density at radius 3 is 2.08 bits per heavy atom. The van der Waals surface area contributed by atoms with Crippen molar-refractivity contribution in [1.82, 2.24) is 0 Å². The van der Waals surface area contributed by atoms with Crippen molar-refractivity contribution in [2.24, 2.45) is 0 Å². The molecule has 132 valence electrons. The van der Waals surface area contributed by atoms with E-state index in [1.54, 1.807) is 36.4 Å². The zero-order valence-corrected chi connectivity index (χ0v) is 16.3. The largest absolute Gasteiger partial charge is 0.313 e. The Bertz CT molecular complexity index is 972. The number of amides is 1. The minimum absolute atomic E-state index is 0.122. The van der Waals surface area contributed by atoms with Crippen molar-refractivity contribution in [3.05, 3.63) is 86.2 Å². The third kappa shape index (κ3) is 3.71. The minimum Gasteiger partial charge on any atom is -0.313 e. The van der Waals surface area contributed by atoms with E-state index in [1.807, 2.05) is 32.9 Å². The summed E-state index contributed by atoms with van der Waals surface area (Å²) < 4.78 is 0.